The molecule has 0 saturated heterocycles. The average Bonchev–Trinajstić information content (AvgIpc) is 2.65. The number of aliphatic hydroxyl groups is 1. The van der Waals surface area contributed by atoms with Crippen molar-refractivity contribution < 1.29 is 5.11 Å². The van der Waals surface area contributed by atoms with Crippen LogP contribution in [0.3, 0.4) is 0 Å². The van der Waals surface area contributed by atoms with Gasteiger partial charge in [0.2, 0.25) is 5.95 Å². The molecule has 5 nitrogen and oxygen atoms in total. The lowest BCUT2D eigenvalue weighted by Gasteiger charge is -2.15. The van der Waals surface area contributed by atoms with Gasteiger partial charge in [-0.2, -0.15) is 4.98 Å². The maximum atomic E-state index is 9.29. The van der Waals surface area contributed by atoms with Crippen LogP contribution in [0.25, 0.3) is 11.3 Å². The first-order chi connectivity index (χ1) is 12.6. The molecule has 0 bridgehead atoms. The Morgan fingerprint density at radius 1 is 1.00 bits per heavy atom. The van der Waals surface area contributed by atoms with Gasteiger partial charge in [-0.25, -0.2) is 4.98 Å². The van der Waals surface area contributed by atoms with Crippen molar-refractivity contribution in [3.05, 3.63) is 64.6 Å². The molecule has 0 spiro atoms. The van der Waals surface area contributed by atoms with E-state index in [1.54, 1.807) is 18.2 Å². The number of hydrogen-bond acceptors (Lipinski definition) is 5. The zero-order chi connectivity index (χ0) is 18.5. The Labute approximate surface area is 162 Å². The SMILES string of the molecule is C[C@@H](CO)Nc1nc(Nc2c(Cl)cccc2Cl)cc(-c2ccccc2)n1. The zero-order valence-corrected chi connectivity index (χ0v) is 15.6. The van der Waals surface area contributed by atoms with Crippen LogP contribution in [0.4, 0.5) is 17.5 Å². The third kappa shape index (κ3) is 4.43. The predicted octanol–water partition coefficient (Wildman–Crippen LogP) is 4.99. The van der Waals surface area contributed by atoms with Crippen molar-refractivity contribution in [1.82, 2.24) is 9.97 Å². The monoisotopic (exact) mass is 388 g/mol. The van der Waals surface area contributed by atoms with Crippen LogP contribution in [-0.2, 0) is 0 Å². The minimum Gasteiger partial charge on any atom is -0.394 e. The highest BCUT2D eigenvalue weighted by Gasteiger charge is 2.12. The molecule has 1 heterocycles. The number of nitrogens with one attached hydrogen (secondary N) is 2. The lowest BCUT2D eigenvalue weighted by molar-refractivity contribution is 0.281. The second-order valence-electron chi connectivity index (χ2n) is 5.78. The minimum atomic E-state index is -0.183. The molecule has 0 aliphatic carbocycles. The molecule has 0 aliphatic heterocycles. The van der Waals surface area contributed by atoms with E-state index in [1.807, 2.05) is 43.3 Å². The number of anilines is 3. The van der Waals surface area contributed by atoms with Gasteiger partial charge in [0, 0.05) is 17.7 Å². The highest BCUT2D eigenvalue weighted by Crippen LogP contribution is 2.33. The Hall–Kier alpha value is -2.34. The topological polar surface area (TPSA) is 70.1 Å². The summed E-state index contributed by atoms with van der Waals surface area (Å²) in [7, 11) is 0. The van der Waals surface area contributed by atoms with E-state index < -0.39 is 0 Å². The first-order valence-electron chi connectivity index (χ1n) is 8.09. The van der Waals surface area contributed by atoms with Gasteiger partial charge in [-0.05, 0) is 19.1 Å². The molecular formula is C19H18Cl2N4O. The Morgan fingerprint density at radius 2 is 1.69 bits per heavy atom. The van der Waals surface area contributed by atoms with Gasteiger partial charge in [0.15, 0.2) is 0 Å². The highest BCUT2D eigenvalue weighted by molar-refractivity contribution is 6.39. The van der Waals surface area contributed by atoms with Crippen LogP contribution in [0, 0.1) is 0 Å². The highest BCUT2D eigenvalue weighted by atomic mass is 35.5. The third-order valence-electron chi connectivity index (χ3n) is 3.66. The zero-order valence-electron chi connectivity index (χ0n) is 14.1. The van der Waals surface area contributed by atoms with Crippen molar-refractivity contribution in [3.8, 4) is 11.3 Å². The molecule has 3 aromatic rings. The molecule has 0 radical (unpaired) electrons. The summed E-state index contributed by atoms with van der Waals surface area (Å²) in [6, 6.07) is 16.7. The van der Waals surface area contributed by atoms with Crippen LogP contribution in [0.5, 0.6) is 0 Å². The quantitative estimate of drug-likeness (QED) is 0.554. The van der Waals surface area contributed by atoms with Crippen molar-refractivity contribution in [2.24, 2.45) is 0 Å². The first-order valence-corrected chi connectivity index (χ1v) is 8.85. The van der Waals surface area contributed by atoms with Crippen molar-refractivity contribution in [2.45, 2.75) is 13.0 Å². The van der Waals surface area contributed by atoms with Gasteiger partial charge >= 0.3 is 0 Å². The first kappa shape index (κ1) is 18.5. The fourth-order valence-corrected chi connectivity index (χ4v) is 2.84. The molecule has 3 N–H and O–H groups in total. The van der Waals surface area contributed by atoms with Gasteiger partial charge in [0.05, 0.1) is 28.0 Å². The van der Waals surface area contributed by atoms with Gasteiger partial charge < -0.3 is 15.7 Å². The maximum Gasteiger partial charge on any atom is 0.225 e. The maximum absolute atomic E-state index is 9.29. The molecule has 1 atom stereocenters. The summed E-state index contributed by atoms with van der Waals surface area (Å²) < 4.78 is 0. The van der Waals surface area contributed by atoms with E-state index in [0.29, 0.717) is 27.5 Å². The van der Waals surface area contributed by atoms with Crippen LogP contribution in [0.1, 0.15) is 6.92 Å². The number of aromatic nitrogens is 2. The van der Waals surface area contributed by atoms with Gasteiger partial charge in [-0.1, -0.05) is 59.6 Å². The summed E-state index contributed by atoms with van der Waals surface area (Å²) in [5.74, 6) is 0.945. The number of benzene rings is 2. The van der Waals surface area contributed by atoms with Gasteiger partial charge in [0.25, 0.3) is 0 Å². The predicted molar refractivity (Wildman–Crippen MR) is 107 cm³/mol. The lowest BCUT2D eigenvalue weighted by atomic mass is 10.1. The minimum absolute atomic E-state index is 0.0297. The van der Waals surface area contributed by atoms with E-state index in [0.717, 1.165) is 11.3 Å². The Bertz CT molecular complexity index is 870. The van der Waals surface area contributed by atoms with E-state index in [2.05, 4.69) is 20.6 Å². The standard InChI is InChI=1S/C19H18Cl2N4O/c1-12(11-26)22-19-23-16(13-6-3-2-4-7-13)10-17(25-19)24-18-14(20)8-5-9-15(18)21/h2-10,12,26H,11H2,1H3,(H2,22,23,24,25)/t12-/m0/s1. The molecule has 2 aromatic carbocycles. The summed E-state index contributed by atoms with van der Waals surface area (Å²) in [6.07, 6.45) is 0. The second-order valence-corrected chi connectivity index (χ2v) is 6.59. The number of hydrogen-bond donors (Lipinski definition) is 3. The van der Waals surface area contributed by atoms with Crippen LogP contribution in [-0.4, -0.2) is 27.7 Å². The van der Waals surface area contributed by atoms with Crippen molar-refractivity contribution in [2.75, 3.05) is 17.2 Å². The van der Waals surface area contributed by atoms with E-state index in [9.17, 15) is 5.11 Å². The second kappa shape index (κ2) is 8.36. The molecular weight excluding hydrogens is 371 g/mol. The van der Waals surface area contributed by atoms with Crippen LogP contribution in [0.2, 0.25) is 10.0 Å². The van der Waals surface area contributed by atoms with Gasteiger partial charge in [-0.3, -0.25) is 0 Å². The van der Waals surface area contributed by atoms with Gasteiger partial charge in [0.1, 0.15) is 5.82 Å². The van der Waals surface area contributed by atoms with Crippen LogP contribution < -0.4 is 10.6 Å². The molecule has 7 heteroatoms. The fourth-order valence-electron chi connectivity index (χ4n) is 2.34. The number of rotatable bonds is 6. The van der Waals surface area contributed by atoms with E-state index >= 15 is 0 Å². The molecule has 26 heavy (non-hydrogen) atoms. The molecule has 0 aliphatic rings. The van der Waals surface area contributed by atoms with Crippen LogP contribution >= 0.6 is 23.2 Å². The Balaban J connectivity index is 2.02. The number of nitrogens with zero attached hydrogens (tertiary/aromatic N) is 2. The summed E-state index contributed by atoms with van der Waals surface area (Å²) in [5.41, 5.74) is 2.26. The van der Waals surface area contributed by atoms with Crippen molar-refractivity contribution in [1.29, 1.82) is 0 Å². The third-order valence-corrected chi connectivity index (χ3v) is 4.29. The lowest BCUT2D eigenvalue weighted by Crippen LogP contribution is -2.21. The summed E-state index contributed by atoms with van der Waals surface area (Å²) in [4.78, 5) is 9.00. The number of halogens is 2. The van der Waals surface area contributed by atoms with E-state index in [-0.39, 0.29) is 12.6 Å². The summed E-state index contributed by atoms with van der Waals surface area (Å²) in [5, 5.41) is 16.5. The molecule has 134 valence electrons. The molecule has 1 aromatic heterocycles. The smallest absolute Gasteiger partial charge is 0.225 e. The normalized spacial score (nSPS) is 11.8. The molecule has 0 amide bonds. The Kier molecular flexibility index (Phi) is 5.93. The van der Waals surface area contributed by atoms with Crippen molar-refractivity contribution in [3.63, 3.8) is 0 Å². The van der Waals surface area contributed by atoms with Gasteiger partial charge in [-0.15, -0.1) is 0 Å². The molecule has 3 rings (SSSR count). The number of aliphatic hydroxyl groups excluding tert-OH is 1. The summed E-state index contributed by atoms with van der Waals surface area (Å²) in [6.45, 7) is 1.81. The van der Waals surface area contributed by atoms with Crippen LogP contribution in [0.15, 0.2) is 54.6 Å². The fraction of sp³-hybridized carbons (Fsp3) is 0.158. The molecule has 0 saturated carbocycles. The van der Waals surface area contributed by atoms with E-state index in [1.165, 1.54) is 0 Å². The summed E-state index contributed by atoms with van der Waals surface area (Å²) >= 11 is 12.5. The molecule has 0 unspecified atom stereocenters. The van der Waals surface area contributed by atoms with E-state index in [4.69, 9.17) is 23.2 Å². The van der Waals surface area contributed by atoms with Crippen molar-refractivity contribution >= 4 is 40.7 Å². The number of para-hydroxylation sites is 1. The average molecular weight is 389 g/mol. The molecule has 0 fully saturated rings. The largest absolute Gasteiger partial charge is 0.394 e. The Morgan fingerprint density at radius 3 is 2.35 bits per heavy atom.